The number of ether oxygens (including phenoxy) is 1. The Hall–Kier alpha value is -2.37. The van der Waals surface area contributed by atoms with Crippen molar-refractivity contribution in [2.24, 2.45) is 0 Å². The number of aliphatic hydroxyl groups is 1. The standard InChI is InChI=1S/C22H24ClNO4/c23-14-8-7-13-19(25)20(17-11-5-2-6-12-17)21(26)24-18(15-28-22(24)27)16-9-3-1-4-10-16/h1-6,9-12,18-20,25H,7-8,13-15H2/t18-,19-,20+/m0/s1. The second kappa shape index (κ2) is 9.71. The van der Waals surface area contributed by atoms with Crippen LogP contribution in [0.3, 0.4) is 0 Å². The first-order valence-corrected chi connectivity index (χ1v) is 10.0. The summed E-state index contributed by atoms with van der Waals surface area (Å²) in [6, 6.07) is 17.9. The minimum absolute atomic E-state index is 0.110. The summed E-state index contributed by atoms with van der Waals surface area (Å²) in [5.74, 6) is -0.778. The Balaban J connectivity index is 1.90. The third-order valence-corrected chi connectivity index (χ3v) is 5.26. The van der Waals surface area contributed by atoms with Crippen molar-refractivity contribution in [3.8, 4) is 0 Å². The van der Waals surface area contributed by atoms with Crippen LogP contribution in [0.25, 0.3) is 0 Å². The highest BCUT2D eigenvalue weighted by molar-refractivity contribution is 6.17. The zero-order chi connectivity index (χ0) is 19.9. The molecule has 3 rings (SSSR count). The number of alkyl halides is 1. The predicted octanol–water partition coefficient (Wildman–Crippen LogP) is 4.26. The highest BCUT2D eigenvalue weighted by atomic mass is 35.5. The van der Waals surface area contributed by atoms with E-state index in [-0.39, 0.29) is 6.61 Å². The van der Waals surface area contributed by atoms with Crippen molar-refractivity contribution in [1.82, 2.24) is 4.90 Å². The van der Waals surface area contributed by atoms with E-state index in [4.69, 9.17) is 16.3 Å². The van der Waals surface area contributed by atoms with Crippen molar-refractivity contribution in [2.75, 3.05) is 12.5 Å². The van der Waals surface area contributed by atoms with E-state index in [0.29, 0.717) is 24.3 Å². The Morgan fingerprint density at radius 1 is 1.11 bits per heavy atom. The fraction of sp³-hybridized carbons (Fsp3) is 0.364. The van der Waals surface area contributed by atoms with Gasteiger partial charge in [-0.15, -0.1) is 11.6 Å². The van der Waals surface area contributed by atoms with Gasteiger partial charge in [0.05, 0.1) is 12.0 Å². The van der Waals surface area contributed by atoms with Gasteiger partial charge in [0.25, 0.3) is 0 Å². The molecule has 0 bridgehead atoms. The van der Waals surface area contributed by atoms with Gasteiger partial charge in [-0.1, -0.05) is 60.7 Å². The van der Waals surface area contributed by atoms with Crippen LogP contribution in [-0.2, 0) is 9.53 Å². The first-order chi connectivity index (χ1) is 13.6. The number of carbonyl (C=O) groups is 2. The summed E-state index contributed by atoms with van der Waals surface area (Å²) in [6.45, 7) is 0.110. The molecule has 0 unspecified atom stereocenters. The average Bonchev–Trinajstić information content (AvgIpc) is 3.11. The lowest BCUT2D eigenvalue weighted by Gasteiger charge is -2.28. The lowest BCUT2D eigenvalue weighted by molar-refractivity contribution is -0.133. The normalized spacial score (nSPS) is 18.6. The highest BCUT2D eigenvalue weighted by Gasteiger charge is 2.43. The van der Waals surface area contributed by atoms with Crippen molar-refractivity contribution in [3.05, 3.63) is 71.8 Å². The Kier molecular flexibility index (Phi) is 7.06. The van der Waals surface area contributed by atoms with Gasteiger partial charge >= 0.3 is 6.09 Å². The van der Waals surface area contributed by atoms with Crippen LogP contribution in [0.2, 0.25) is 0 Å². The van der Waals surface area contributed by atoms with Crippen molar-refractivity contribution in [3.63, 3.8) is 0 Å². The number of cyclic esters (lactones) is 1. The number of carbonyl (C=O) groups excluding carboxylic acids is 2. The minimum atomic E-state index is -0.914. The van der Waals surface area contributed by atoms with Gasteiger partial charge in [0.1, 0.15) is 12.6 Å². The van der Waals surface area contributed by atoms with Crippen LogP contribution in [0.15, 0.2) is 60.7 Å². The molecule has 1 N–H and O–H groups in total. The third-order valence-electron chi connectivity index (χ3n) is 4.99. The Morgan fingerprint density at radius 2 is 1.75 bits per heavy atom. The molecular weight excluding hydrogens is 378 g/mol. The van der Waals surface area contributed by atoms with Crippen LogP contribution in [0, 0.1) is 0 Å². The molecular formula is C22H24ClNO4. The summed E-state index contributed by atoms with van der Waals surface area (Å²) in [7, 11) is 0. The number of hydrogen-bond acceptors (Lipinski definition) is 4. The maximum absolute atomic E-state index is 13.5. The monoisotopic (exact) mass is 401 g/mol. The first kappa shape index (κ1) is 20.4. The molecule has 1 heterocycles. The number of halogens is 1. The summed E-state index contributed by atoms with van der Waals surface area (Å²) in [4.78, 5) is 27.0. The van der Waals surface area contributed by atoms with E-state index < -0.39 is 30.1 Å². The number of rotatable bonds is 8. The van der Waals surface area contributed by atoms with Crippen LogP contribution in [-0.4, -0.2) is 40.6 Å². The topological polar surface area (TPSA) is 66.8 Å². The van der Waals surface area contributed by atoms with Gasteiger partial charge in [0.15, 0.2) is 0 Å². The molecule has 3 atom stereocenters. The molecule has 148 valence electrons. The number of unbranched alkanes of at least 4 members (excludes halogenated alkanes) is 1. The SMILES string of the molecule is O=C1OC[C@@H](c2ccccc2)N1C(=O)[C@H](c1ccccc1)[C@@H](O)CCCCCl. The molecule has 0 aromatic heterocycles. The second-order valence-electron chi connectivity index (χ2n) is 6.85. The smallest absolute Gasteiger partial charge is 0.417 e. The molecule has 0 aliphatic carbocycles. The molecule has 1 saturated heterocycles. The lowest BCUT2D eigenvalue weighted by Crippen LogP contribution is -2.41. The second-order valence-corrected chi connectivity index (χ2v) is 7.23. The molecule has 0 spiro atoms. The number of amides is 2. The molecule has 2 aromatic rings. The molecule has 0 saturated carbocycles. The molecule has 28 heavy (non-hydrogen) atoms. The fourth-order valence-corrected chi connectivity index (χ4v) is 3.73. The summed E-state index contributed by atoms with van der Waals surface area (Å²) < 4.78 is 5.19. The number of hydrogen-bond donors (Lipinski definition) is 1. The van der Waals surface area contributed by atoms with E-state index in [0.717, 1.165) is 16.9 Å². The molecule has 1 aliphatic rings. The van der Waals surface area contributed by atoms with Gasteiger partial charge in [-0.3, -0.25) is 4.79 Å². The van der Waals surface area contributed by atoms with Crippen molar-refractivity contribution in [2.45, 2.75) is 37.3 Å². The largest absolute Gasteiger partial charge is 0.446 e. The van der Waals surface area contributed by atoms with E-state index in [1.54, 1.807) is 12.1 Å². The van der Waals surface area contributed by atoms with Gasteiger partial charge in [-0.25, -0.2) is 9.69 Å². The maximum atomic E-state index is 13.5. The van der Waals surface area contributed by atoms with Gasteiger partial charge in [0.2, 0.25) is 5.91 Å². The minimum Gasteiger partial charge on any atom is -0.446 e. The van der Waals surface area contributed by atoms with Crippen LogP contribution in [0.5, 0.6) is 0 Å². The zero-order valence-electron chi connectivity index (χ0n) is 15.5. The van der Waals surface area contributed by atoms with Gasteiger partial charge < -0.3 is 9.84 Å². The highest BCUT2D eigenvalue weighted by Crippen LogP contribution is 2.33. The van der Waals surface area contributed by atoms with Crippen LogP contribution < -0.4 is 0 Å². The number of imide groups is 1. The van der Waals surface area contributed by atoms with E-state index >= 15 is 0 Å². The quantitative estimate of drug-likeness (QED) is 0.530. The number of benzene rings is 2. The summed E-state index contributed by atoms with van der Waals surface area (Å²) in [5.41, 5.74) is 1.50. The number of nitrogens with zero attached hydrogens (tertiary/aromatic N) is 1. The lowest BCUT2D eigenvalue weighted by atomic mass is 9.88. The zero-order valence-corrected chi connectivity index (χ0v) is 16.3. The predicted molar refractivity (Wildman–Crippen MR) is 107 cm³/mol. The molecule has 1 fully saturated rings. The molecule has 6 heteroatoms. The van der Waals surface area contributed by atoms with E-state index in [2.05, 4.69) is 0 Å². The van der Waals surface area contributed by atoms with Crippen molar-refractivity contribution >= 4 is 23.6 Å². The average molecular weight is 402 g/mol. The Bertz CT molecular complexity index is 784. The van der Waals surface area contributed by atoms with Crippen LogP contribution in [0.1, 0.15) is 42.3 Å². The van der Waals surface area contributed by atoms with E-state index in [1.165, 1.54) is 0 Å². The molecule has 2 aromatic carbocycles. The van der Waals surface area contributed by atoms with E-state index in [9.17, 15) is 14.7 Å². The first-order valence-electron chi connectivity index (χ1n) is 9.47. The molecule has 5 nitrogen and oxygen atoms in total. The van der Waals surface area contributed by atoms with Crippen molar-refractivity contribution < 1.29 is 19.4 Å². The number of aliphatic hydroxyl groups excluding tert-OH is 1. The maximum Gasteiger partial charge on any atom is 0.417 e. The summed E-state index contributed by atoms with van der Waals surface area (Å²) in [6.07, 6.45) is 0.299. The molecule has 2 amide bonds. The Morgan fingerprint density at radius 3 is 2.39 bits per heavy atom. The summed E-state index contributed by atoms with van der Waals surface area (Å²) in [5, 5.41) is 10.8. The molecule has 0 radical (unpaired) electrons. The van der Waals surface area contributed by atoms with Crippen LogP contribution in [0.4, 0.5) is 4.79 Å². The Labute approximate surface area is 169 Å². The summed E-state index contributed by atoms with van der Waals surface area (Å²) >= 11 is 5.74. The van der Waals surface area contributed by atoms with Crippen molar-refractivity contribution in [1.29, 1.82) is 0 Å². The van der Waals surface area contributed by atoms with Crippen LogP contribution >= 0.6 is 11.6 Å². The fourth-order valence-electron chi connectivity index (χ4n) is 3.54. The van der Waals surface area contributed by atoms with Gasteiger partial charge in [-0.05, 0) is 30.4 Å². The van der Waals surface area contributed by atoms with Gasteiger partial charge in [0, 0.05) is 5.88 Å². The molecule has 1 aliphatic heterocycles. The van der Waals surface area contributed by atoms with E-state index in [1.807, 2.05) is 48.5 Å². The third kappa shape index (κ3) is 4.54. The van der Waals surface area contributed by atoms with Gasteiger partial charge in [-0.2, -0.15) is 0 Å².